The average molecular weight is 407 g/mol. The van der Waals surface area contributed by atoms with Crippen molar-refractivity contribution >= 4 is 39.1 Å². The fraction of sp³-hybridized carbons (Fsp3) is 0.263. The standard InChI is InChI=1S/C19H22N2O4S2/c1-21(12-18(22)20-16-6-4-5-7-17(16)26-2)19(23)15-10-8-14(9-11-15)13-27(3,24)25/h4-11H,12-13H2,1-3H3,(H,20,22). The van der Waals surface area contributed by atoms with Crippen molar-refractivity contribution in [2.75, 3.05) is 31.4 Å². The Hall–Kier alpha value is -2.32. The number of hydrogen-bond acceptors (Lipinski definition) is 5. The topological polar surface area (TPSA) is 83.6 Å². The fourth-order valence-corrected chi connectivity index (χ4v) is 3.84. The molecule has 0 aliphatic rings. The molecule has 0 atom stereocenters. The zero-order valence-corrected chi connectivity index (χ0v) is 17.1. The third-order valence-electron chi connectivity index (χ3n) is 3.74. The molecule has 0 bridgehead atoms. The van der Waals surface area contributed by atoms with Crippen LogP contribution in [-0.4, -0.2) is 51.2 Å². The van der Waals surface area contributed by atoms with Gasteiger partial charge < -0.3 is 10.2 Å². The molecular formula is C19H22N2O4S2. The predicted octanol–water partition coefficient (Wildman–Crippen LogP) is 2.66. The number of benzene rings is 2. The van der Waals surface area contributed by atoms with E-state index in [0.717, 1.165) is 11.2 Å². The van der Waals surface area contributed by atoms with Crippen LogP contribution in [0.2, 0.25) is 0 Å². The number of carbonyl (C=O) groups excluding carboxylic acids is 2. The first-order valence-corrected chi connectivity index (χ1v) is 11.4. The second-order valence-electron chi connectivity index (χ2n) is 6.18. The summed E-state index contributed by atoms with van der Waals surface area (Å²) in [5, 5.41) is 2.81. The van der Waals surface area contributed by atoms with E-state index in [2.05, 4.69) is 5.32 Å². The molecule has 0 spiro atoms. The zero-order valence-electron chi connectivity index (χ0n) is 15.4. The Morgan fingerprint density at radius 3 is 2.30 bits per heavy atom. The molecule has 0 aliphatic heterocycles. The highest BCUT2D eigenvalue weighted by Gasteiger charge is 2.16. The van der Waals surface area contributed by atoms with Crippen LogP contribution in [0.25, 0.3) is 0 Å². The summed E-state index contributed by atoms with van der Waals surface area (Å²) in [4.78, 5) is 27.0. The Morgan fingerprint density at radius 2 is 1.70 bits per heavy atom. The van der Waals surface area contributed by atoms with Gasteiger partial charge in [0, 0.05) is 23.8 Å². The van der Waals surface area contributed by atoms with Gasteiger partial charge in [-0.3, -0.25) is 9.59 Å². The van der Waals surface area contributed by atoms with Crippen LogP contribution in [0, 0.1) is 0 Å². The summed E-state index contributed by atoms with van der Waals surface area (Å²) in [6.45, 7) is -0.0906. The first-order chi connectivity index (χ1) is 12.7. The highest BCUT2D eigenvalue weighted by Crippen LogP contribution is 2.24. The van der Waals surface area contributed by atoms with Crippen LogP contribution in [-0.2, 0) is 20.4 Å². The lowest BCUT2D eigenvalue weighted by atomic mass is 10.1. The van der Waals surface area contributed by atoms with Crippen LogP contribution in [0.4, 0.5) is 5.69 Å². The van der Waals surface area contributed by atoms with Gasteiger partial charge in [-0.1, -0.05) is 24.3 Å². The Morgan fingerprint density at radius 1 is 1.07 bits per heavy atom. The molecule has 2 aromatic rings. The average Bonchev–Trinajstić information content (AvgIpc) is 2.60. The van der Waals surface area contributed by atoms with E-state index in [1.807, 2.05) is 30.5 Å². The molecule has 0 aliphatic carbocycles. The van der Waals surface area contributed by atoms with Gasteiger partial charge in [0.05, 0.1) is 18.0 Å². The van der Waals surface area contributed by atoms with Gasteiger partial charge >= 0.3 is 0 Å². The number of carbonyl (C=O) groups is 2. The van der Waals surface area contributed by atoms with Gasteiger partial charge in [-0.2, -0.15) is 0 Å². The molecule has 2 amide bonds. The Bertz CT molecular complexity index is 925. The summed E-state index contributed by atoms with van der Waals surface area (Å²) in [6, 6.07) is 13.8. The van der Waals surface area contributed by atoms with Crippen LogP contribution in [0.5, 0.6) is 0 Å². The van der Waals surface area contributed by atoms with Crippen LogP contribution < -0.4 is 5.32 Å². The number of rotatable bonds is 7. The lowest BCUT2D eigenvalue weighted by Gasteiger charge is -2.17. The van der Waals surface area contributed by atoms with Crippen molar-refractivity contribution < 1.29 is 18.0 Å². The number of anilines is 1. The molecule has 1 N–H and O–H groups in total. The van der Waals surface area contributed by atoms with Crippen LogP contribution >= 0.6 is 11.8 Å². The largest absolute Gasteiger partial charge is 0.332 e. The van der Waals surface area contributed by atoms with Crippen LogP contribution in [0.15, 0.2) is 53.4 Å². The summed E-state index contributed by atoms with van der Waals surface area (Å²) in [6.07, 6.45) is 3.09. The SMILES string of the molecule is CSc1ccccc1NC(=O)CN(C)C(=O)c1ccc(CS(C)(=O)=O)cc1. The molecule has 6 nitrogen and oxygen atoms in total. The Labute approximate surface area is 163 Å². The van der Waals surface area contributed by atoms with E-state index in [1.165, 1.54) is 16.7 Å². The van der Waals surface area contributed by atoms with Crippen LogP contribution in [0.1, 0.15) is 15.9 Å². The molecule has 0 saturated carbocycles. The third kappa shape index (κ3) is 6.41. The van der Waals surface area contributed by atoms with Crippen molar-refractivity contribution in [3.63, 3.8) is 0 Å². The lowest BCUT2D eigenvalue weighted by molar-refractivity contribution is -0.116. The Balaban J connectivity index is 1.99. The molecular weight excluding hydrogens is 384 g/mol. The van der Waals surface area contributed by atoms with E-state index < -0.39 is 9.84 Å². The van der Waals surface area contributed by atoms with Crippen molar-refractivity contribution in [1.29, 1.82) is 0 Å². The molecule has 2 rings (SSSR count). The molecule has 0 radical (unpaired) electrons. The van der Waals surface area contributed by atoms with E-state index in [4.69, 9.17) is 0 Å². The minimum absolute atomic E-state index is 0.0748. The molecule has 144 valence electrons. The molecule has 0 saturated heterocycles. The fourth-order valence-electron chi connectivity index (χ4n) is 2.49. The van der Waals surface area contributed by atoms with Crippen molar-refractivity contribution in [1.82, 2.24) is 4.90 Å². The summed E-state index contributed by atoms with van der Waals surface area (Å²) >= 11 is 1.53. The quantitative estimate of drug-likeness (QED) is 0.715. The number of thioether (sulfide) groups is 1. The predicted molar refractivity (Wildman–Crippen MR) is 109 cm³/mol. The van der Waals surface area contributed by atoms with E-state index in [1.54, 1.807) is 31.3 Å². The Kier molecular flexibility index (Phi) is 7.04. The van der Waals surface area contributed by atoms with Gasteiger partial charge in [0.15, 0.2) is 9.84 Å². The second kappa shape index (κ2) is 9.05. The van der Waals surface area contributed by atoms with E-state index in [0.29, 0.717) is 16.8 Å². The number of nitrogens with zero attached hydrogens (tertiary/aromatic N) is 1. The van der Waals surface area contributed by atoms with Gasteiger partial charge in [-0.25, -0.2) is 8.42 Å². The highest BCUT2D eigenvalue weighted by molar-refractivity contribution is 7.98. The van der Waals surface area contributed by atoms with Gasteiger partial charge in [0.25, 0.3) is 5.91 Å². The van der Waals surface area contributed by atoms with Crippen molar-refractivity contribution in [3.8, 4) is 0 Å². The van der Waals surface area contributed by atoms with Crippen molar-refractivity contribution in [2.45, 2.75) is 10.6 Å². The minimum Gasteiger partial charge on any atom is -0.332 e. The number of nitrogens with one attached hydrogen (secondary N) is 1. The molecule has 0 unspecified atom stereocenters. The molecule has 27 heavy (non-hydrogen) atoms. The van der Waals surface area contributed by atoms with E-state index >= 15 is 0 Å². The smallest absolute Gasteiger partial charge is 0.254 e. The normalized spacial score (nSPS) is 11.1. The van der Waals surface area contributed by atoms with Gasteiger partial charge in [-0.15, -0.1) is 11.8 Å². The molecule has 0 fully saturated rings. The molecule has 0 aromatic heterocycles. The minimum atomic E-state index is -3.13. The van der Waals surface area contributed by atoms with Crippen molar-refractivity contribution in [2.24, 2.45) is 0 Å². The van der Waals surface area contributed by atoms with Gasteiger partial charge in [-0.05, 0) is 36.1 Å². The zero-order chi connectivity index (χ0) is 20.0. The maximum absolute atomic E-state index is 12.5. The van der Waals surface area contributed by atoms with Gasteiger partial charge in [0.2, 0.25) is 5.91 Å². The number of likely N-dealkylation sites (N-methyl/N-ethyl adjacent to an activating group) is 1. The number of amides is 2. The summed E-state index contributed by atoms with van der Waals surface area (Å²) in [5.74, 6) is -0.676. The molecule has 8 heteroatoms. The highest BCUT2D eigenvalue weighted by atomic mass is 32.2. The first kappa shape index (κ1) is 21.0. The van der Waals surface area contributed by atoms with E-state index in [9.17, 15) is 18.0 Å². The summed E-state index contributed by atoms with van der Waals surface area (Å²) < 4.78 is 22.6. The molecule has 2 aromatic carbocycles. The van der Waals surface area contributed by atoms with Gasteiger partial charge in [0.1, 0.15) is 0 Å². The van der Waals surface area contributed by atoms with E-state index in [-0.39, 0.29) is 24.1 Å². The maximum atomic E-state index is 12.5. The summed E-state index contributed by atoms with van der Waals surface area (Å²) in [5.41, 5.74) is 1.72. The monoisotopic (exact) mass is 406 g/mol. The number of para-hydroxylation sites is 1. The summed E-state index contributed by atoms with van der Waals surface area (Å²) in [7, 11) is -1.58. The molecule has 0 heterocycles. The van der Waals surface area contributed by atoms with Crippen molar-refractivity contribution in [3.05, 3.63) is 59.7 Å². The third-order valence-corrected chi connectivity index (χ3v) is 5.39. The maximum Gasteiger partial charge on any atom is 0.254 e. The van der Waals surface area contributed by atoms with Crippen LogP contribution in [0.3, 0.4) is 0 Å². The lowest BCUT2D eigenvalue weighted by Crippen LogP contribution is -2.35. The number of hydrogen-bond donors (Lipinski definition) is 1. The number of sulfone groups is 1. The second-order valence-corrected chi connectivity index (χ2v) is 9.16. The first-order valence-electron chi connectivity index (χ1n) is 8.14.